The van der Waals surface area contributed by atoms with Crippen molar-refractivity contribution >= 4 is 0 Å². The van der Waals surface area contributed by atoms with Crippen molar-refractivity contribution < 1.29 is 4.42 Å². The van der Waals surface area contributed by atoms with Crippen LogP contribution in [0.3, 0.4) is 0 Å². The van der Waals surface area contributed by atoms with Gasteiger partial charge in [0.05, 0.1) is 6.04 Å². The number of rotatable bonds is 6. The molecule has 2 heteroatoms. The van der Waals surface area contributed by atoms with Crippen molar-refractivity contribution in [1.82, 2.24) is 0 Å². The molecule has 0 saturated carbocycles. The largest absolute Gasteiger partial charge is 0.464 e. The molecule has 0 amide bonds. The summed E-state index contributed by atoms with van der Waals surface area (Å²) in [6.45, 7) is 4.33. The van der Waals surface area contributed by atoms with Crippen molar-refractivity contribution in [1.29, 1.82) is 0 Å². The molecule has 1 atom stereocenters. The van der Waals surface area contributed by atoms with Gasteiger partial charge in [0.1, 0.15) is 11.5 Å². The van der Waals surface area contributed by atoms with Crippen molar-refractivity contribution in [2.75, 3.05) is 0 Å². The number of unbranched alkanes of at least 4 members (excludes halogenated alkanes) is 1. The molecule has 0 spiro atoms. The van der Waals surface area contributed by atoms with E-state index in [1.165, 1.54) is 12.8 Å². The summed E-state index contributed by atoms with van der Waals surface area (Å²) in [5.41, 5.74) is 6.00. The molecule has 0 aliphatic carbocycles. The van der Waals surface area contributed by atoms with Crippen LogP contribution in [0.15, 0.2) is 16.5 Å². The van der Waals surface area contributed by atoms with Crippen molar-refractivity contribution in [3.05, 3.63) is 23.7 Å². The summed E-state index contributed by atoms with van der Waals surface area (Å²) in [6, 6.07) is 4.15. The highest BCUT2D eigenvalue weighted by molar-refractivity contribution is 5.10. The lowest BCUT2D eigenvalue weighted by Crippen LogP contribution is -2.08. The van der Waals surface area contributed by atoms with Gasteiger partial charge in [-0.3, -0.25) is 0 Å². The van der Waals surface area contributed by atoms with Gasteiger partial charge in [0.25, 0.3) is 0 Å². The maximum Gasteiger partial charge on any atom is 0.120 e. The van der Waals surface area contributed by atoms with E-state index in [0.29, 0.717) is 0 Å². The molecule has 0 bridgehead atoms. The summed E-state index contributed by atoms with van der Waals surface area (Å²) in [5.74, 6) is 2.01. The Kier molecular flexibility index (Phi) is 4.74. The second-order valence-corrected chi connectivity index (χ2v) is 3.80. The fourth-order valence-electron chi connectivity index (χ4n) is 1.54. The maximum atomic E-state index is 6.00. The zero-order valence-electron chi connectivity index (χ0n) is 9.25. The quantitative estimate of drug-likeness (QED) is 0.755. The fourth-order valence-corrected chi connectivity index (χ4v) is 1.54. The van der Waals surface area contributed by atoms with E-state index in [-0.39, 0.29) is 6.04 Å². The normalized spacial score (nSPS) is 13.1. The Morgan fingerprint density at radius 1 is 1.29 bits per heavy atom. The second kappa shape index (κ2) is 5.86. The molecule has 0 saturated heterocycles. The predicted molar refractivity (Wildman–Crippen MR) is 59.2 cm³/mol. The highest BCUT2D eigenvalue weighted by Crippen LogP contribution is 2.20. The van der Waals surface area contributed by atoms with E-state index in [9.17, 15) is 0 Å². The van der Waals surface area contributed by atoms with Crippen LogP contribution in [0, 0.1) is 0 Å². The Labute approximate surface area is 86.5 Å². The molecule has 2 nitrogen and oxygen atoms in total. The standard InChI is InChI=1S/C12H21NO/c1-3-5-7-11(13)12-9-8-10(14-12)6-4-2/h8-9,11H,3-7,13H2,1-2H3/t11-/m1/s1. The monoisotopic (exact) mass is 195 g/mol. The first-order valence-electron chi connectivity index (χ1n) is 5.62. The smallest absolute Gasteiger partial charge is 0.120 e. The zero-order chi connectivity index (χ0) is 10.4. The topological polar surface area (TPSA) is 39.2 Å². The summed E-state index contributed by atoms with van der Waals surface area (Å²) in [6.07, 6.45) is 5.52. The van der Waals surface area contributed by atoms with Crippen LogP contribution >= 0.6 is 0 Å². The van der Waals surface area contributed by atoms with Gasteiger partial charge >= 0.3 is 0 Å². The summed E-state index contributed by atoms with van der Waals surface area (Å²) >= 11 is 0. The average Bonchev–Trinajstić information content (AvgIpc) is 2.63. The van der Waals surface area contributed by atoms with Gasteiger partial charge < -0.3 is 10.2 Å². The van der Waals surface area contributed by atoms with Crippen molar-refractivity contribution in [2.45, 2.75) is 52.0 Å². The van der Waals surface area contributed by atoms with Crippen molar-refractivity contribution in [3.63, 3.8) is 0 Å². The minimum atomic E-state index is 0.0838. The minimum absolute atomic E-state index is 0.0838. The Bertz CT molecular complexity index is 255. The van der Waals surface area contributed by atoms with Gasteiger partial charge in [-0.2, -0.15) is 0 Å². The molecule has 1 heterocycles. The Morgan fingerprint density at radius 3 is 2.71 bits per heavy atom. The molecule has 1 rings (SSSR count). The molecule has 0 aromatic carbocycles. The maximum absolute atomic E-state index is 6.00. The lowest BCUT2D eigenvalue weighted by Gasteiger charge is -2.06. The molecule has 1 aromatic rings. The Morgan fingerprint density at radius 2 is 2.07 bits per heavy atom. The summed E-state index contributed by atoms with van der Waals surface area (Å²) < 4.78 is 5.66. The number of hydrogen-bond acceptors (Lipinski definition) is 2. The Hall–Kier alpha value is -0.760. The summed E-state index contributed by atoms with van der Waals surface area (Å²) in [7, 11) is 0. The first-order chi connectivity index (χ1) is 6.77. The number of furan rings is 1. The third-order valence-corrected chi connectivity index (χ3v) is 2.41. The SMILES string of the molecule is CCCC[C@@H](N)c1ccc(CCC)o1. The number of hydrogen-bond donors (Lipinski definition) is 1. The first-order valence-corrected chi connectivity index (χ1v) is 5.62. The molecule has 80 valence electrons. The summed E-state index contributed by atoms with van der Waals surface area (Å²) in [4.78, 5) is 0. The Balaban J connectivity index is 2.48. The van der Waals surface area contributed by atoms with E-state index in [0.717, 1.165) is 30.8 Å². The van der Waals surface area contributed by atoms with Crippen LogP contribution in [-0.2, 0) is 6.42 Å². The highest BCUT2D eigenvalue weighted by Gasteiger charge is 2.09. The number of nitrogens with two attached hydrogens (primary N) is 1. The van der Waals surface area contributed by atoms with Crippen LogP contribution in [0.5, 0.6) is 0 Å². The summed E-state index contributed by atoms with van der Waals surface area (Å²) in [5, 5.41) is 0. The highest BCUT2D eigenvalue weighted by atomic mass is 16.3. The van der Waals surface area contributed by atoms with Crippen LogP contribution in [-0.4, -0.2) is 0 Å². The van der Waals surface area contributed by atoms with Crippen molar-refractivity contribution in [3.8, 4) is 0 Å². The van der Waals surface area contributed by atoms with Gasteiger partial charge in [-0.1, -0.05) is 26.7 Å². The van der Waals surface area contributed by atoms with Gasteiger partial charge in [-0.25, -0.2) is 0 Å². The van der Waals surface area contributed by atoms with Gasteiger partial charge in [0.15, 0.2) is 0 Å². The zero-order valence-corrected chi connectivity index (χ0v) is 9.25. The van der Waals surface area contributed by atoms with E-state index in [1.54, 1.807) is 0 Å². The van der Waals surface area contributed by atoms with Crippen LogP contribution in [0.1, 0.15) is 57.1 Å². The van der Waals surface area contributed by atoms with Crippen LogP contribution in [0.2, 0.25) is 0 Å². The molecule has 0 unspecified atom stereocenters. The third-order valence-electron chi connectivity index (χ3n) is 2.41. The lowest BCUT2D eigenvalue weighted by molar-refractivity contribution is 0.416. The van der Waals surface area contributed by atoms with E-state index in [4.69, 9.17) is 10.2 Å². The van der Waals surface area contributed by atoms with Crippen LogP contribution in [0.4, 0.5) is 0 Å². The van der Waals surface area contributed by atoms with Gasteiger partial charge in [0.2, 0.25) is 0 Å². The van der Waals surface area contributed by atoms with Crippen LogP contribution < -0.4 is 5.73 Å². The lowest BCUT2D eigenvalue weighted by atomic mass is 10.1. The molecule has 2 N–H and O–H groups in total. The molecule has 0 aliphatic rings. The molecular weight excluding hydrogens is 174 g/mol. The third kappa shape index (κ3) is 3.18. The molecule has 14 heavy (non-hydrogen) atoms. The van der Waals surface area contributed by atoms with E-state index in [1.807, 2.05) is 12.1 Å². The average molecular weight is 195 g/mol. The molecular formula is C12H21NO. The fraction of sp³-hybridized carbons (Fsp3) is 0.667. The van der Waals surface area contributed by atoms with Crippen LogP contribution in [0.25, 0.3) is 0 Å². The first kappa shape index (κ1) is 11.3. The van der Waals surface area contributed by atoms with E-state index >= 15 is 0 Å². The van der Waals surface area contributed by atoms with E-state index < -0.39 is 0 Å². The molecule has 0 radical (unpaired) electrons. The second-order valence-electron chi connectivity index (χ2n) is 3.80. The molecule has 1 aromatic heterocycles. The predicted octanol–water partition coefficient (Wildman–Crippen LogP) is 3.42. The van der Waals surface area contributed by atoms with Gasteiger partial charge in [-0.15, -0.1) is 0 Å². The van der Waals surface area contributed by atoms with Gasteiger partial charge in [-0.05, 0) is 25.0 Å². The minimum Gasteiger partial charge on any atom is -0.464 e. The molecule has 0 fully saturated rings. The molecule has 0 aliphatic heterocycles. The van der Waals surface area contributed by atoms with Crippen molar-refractivity contribution in [2.24, 2.45) is 5.73 Å². The number of aryl methyl sites for hydroxylation is 1. The van der Waals surface area contributed by atoms with Gasteiger partial charge in [0, 0.05) is 6.42 Å². The van der Waals surface area contributed by atoms with E-state index in [2.05, 4.69) is 13.8 Å².